The van der Waals surface area contributed by atoms with Gasteiger partial charge in [0.2, 0.25) is 0 Å². The summed E-state index contributed by atoms with van der Waals surface area (Å²) in [6.07, 6.45) is 0.223. The molecule has 0 spiro atoms. The van der Waals surface area contributed by atoms with Gasteiger partial charge >= 0.3 is 0 Å². The first-order valence-corrected chi connectivity index (χ1v) is 7.34. The van der Waals surface area contributed by atoms with E-state index in [0.717, 1.165) is 36.3 Å². The molecule has 1 aliphatic rings. The minimum atomic E-state index is -0.217. The average molecular weight is 331 g/mol. The molecule has 1 fully saturated rings. The van der Waals surface area contributed by atoms with Crippen molar-refractivity contribution in [3.8, 4) is 0 Å². The van der Waals surface area contributed by atoms with E-state index in [1.165, 1.54) is 12.1 Å². The number of hydrogen-bond acceptors (Lipinski definition) is 3. The van der Waals surface area contributed by atoms with E-state index < -0.39 is 0 Å². The second-order valence-electron chi connectivity index (χ2n) is 4.98. The van der Waals surface area contributed by atoms with Crippen molar-refractivity contribution in [1.29, 1.82) is 0 Å². The molecule has 2 rings (SSSR count). The third-order valence-corrected chi connectivity index (χ3v) is 4.26. The molecule has 2 atom stereocenters. The Morgan fingerprint density at radius 2 is 2.37 bits per heavy atom. The summed E-state index contributed by atoms with van der Waals surface area (Å²) in [4.78, 5) is 2.23. The van der Waals surface area contributed by atoms with Crippen molar-refractivity contribution in [2.45, 2.75) is 19.1 Å². The number of ether oxygens (including phenoxy) is 1. The van der Waals surface area contributed by atoms with E-state index in [1.807, 2.05) is 6.07 Å². The molecule has 1 saturated heterocycles. The Balaban J connectivity index is 1.99. The van der Waals surface area contributed by atoms with Gasteiger partial charge < -0.3 is 10.1 Å². The molecule has 0 aliphatic carbocycles. The molecule has 0 radical (unpaired) electrons. The quantitative estimate of drug-likeness (QED) is 0.918. The maximum atomic E-state index is 13.1. The van der Waals surface area contributed by atoms with Gasteiger partial charge in [0.05, 0.1) is 12.7 Å². The van der Waals surface area contributed by atoms with Crippen LogP contribution in [0.4, 0.5) is 4.39 Å². The van der Waals surface area contributed by atoms with Gasteiger partial charge in [0.15, 0.2) is 0 Å². The first-order valence-electron chi connectivity index (χ1n) is 6.55. The third-order valence-electron chi connectivity index (χ3n) is 3.57. The highest BCUT2D eigenvalue weighted by molar-refractivity contribution is 9.10. The van der Waals surface area contributed by atoms with Crippen molar-refractivity contribution >= 4 is 15.9 Å². The van der Waals surface area contributed by atoms with E-state index in [1.54, 1.807) is 0 Å². The lowest BCUT2D eigenvalue weighted by Gasteiger charge is -2.32. The van der Waals surface area contributed by atoms with Gasteiger partial charge in [0.1, 0.15) is 5.82 Å². The van der Waals surface area contributed by atoms with Gasteiger partial charge in [0.25, 0.3) is 0 Å². The number of rotatable bonds is 4. The van der Waals surface area contributed by atoms with Crippen LogP contribution in [0.25, 0.3) is 0 Å². The van der Waals surface area contributed by atoms with E-state index in [0.29, 0.717) is 0 Å². The molecule has 5 heteroatoms. The molecular weight excluding hydrogens is 311 g/mol. The van der Waals surface area contributed by atoms with Gasteiger partial charge in [-0.15, -0.1) is 0 Å². The summed E-state index contributed by atoms with van der Waals surface area (Å²) in [6, 6.07) is 5.06. The predicted molar refractivity (Wildman–Crippen MR) is 77.8 cm³/mol. The Bertz CT molecular complexity index is 424. The fourth-order valence-corrected chi connectivity index (χ4v) is 2.98. The van der Waals surface area contributed by atoms with E-state index in [2.05, 4.69) is 40.1 Å². The second kappa shape index (κ2) is 6.79. The maximum Gasteiger partial charge on any atom is 0.124 e. The first-order chi connectivity index (χ1) is 9.08. The SMILES string of the molecule is CC(c1ccc(F)cc1Br)N(C)CC1CNCCO1. The monoisotopic (exact) mass is 330 g/mol. The van der Waals surface area contributed by atoms with Crippen LogP contribution < -0.4 is 5.32 Å². The lowest BCUT2D eigenvalue weighted by Crippen LogP contribution is -2.44. The van der Waals surface area contributed by atoms with Gasteiger partial charge in [-0.25, -0.2) is 4.39 Å². The van der Waals surface area contributed by atoms with E-state index in [4.69, 9.17) is 4.74 Å². The molecule has 1 aliphatic heterocycles. The van der Waals surface area contributed by atoms with E-state index in [9.17, 15) is 4.39 Å². The van der Waals surface area contributed by atoms with Gasteiger partial charge in [-0.1, -0.05) is 22.0 Å². The number of nitrogens with one attached hydrogen (secondary N) is 1. The number of nitrogens with zero attached hydrogens (tertiary/aromatic N) is 1. The van der Waals surface area contributed by atoms with Gasteiger partial charge in [-0.05, 0) is 31.7 Å². The highest BCUT2D eigenvalue weighted by atomic mass is 79.9. The maximum absolute atomic E-state index is 13.1. The van der Waals surface area contributed by atoms with E-state index in [-0.39, 0.29) is 18.0 Å². The number of benzene rings is 1. The number of morpholine rings is 1. The molecule has 1 aromatic rings. The van der Waals surface area contributed by atoms with Gasteiger partial charge in [-0.2, -0.15) is 0 Å². The van der Waals surface area contributed by atoms with Crippen LogP contribution in [0.15, 0.2) is 22.7 Å². The first kappa shape index (κ1) is 14.9. The van der Waals surface area contributed by atoms with Crippen LogP contribution in [0.1, 0.15) is 18.5 Å². The number of hydrogen-bond donors (Lipinski definition) is 1. The van der Waals surface area contributed by atoms with Crippen LogP contribution in [0.3, 0.4) is 0 Å². The van der Waals surface area contributed by atoms with Crippen molar-refractivity contribution in [3.63, 3.8) is 0 Å². The Morgan fingerprint density at radius 1 is 1.58 bits per heavy atom. The summed E-state index contributed by atoms with van der Waals surface area (Å²) >= 11 is 3.43. The molecule has 0 saturated carbocycles. The van der Waals surface area contributed by atoms with Crippen LogP contribution in [-0.4, -0.2) is 44.3 Å². The van der Waals surface area contributed by atoms with Crippen molar-refractivity contribution in [3.05, 3.63) is 34.1 Å². The fraction of sp³-hybridized carbons (Fsp3) is 0.571. The molecule has 19 heavy (non-hydrogen) atoms. The highest BCUT2D eigenvalue weighted by Crippen LogP contribution is 2.27. The number of likely N-dealkylation sites (N-methyl/N-ethyl adjacent to an activating group) is 1. The predicted octanol–water partition coefficient (Wildman–Crippen LogP) is 2.57. The van der Waals surface area contributed by atoms with Crippen molar-refractivity contribution in [1.82, 2.24) is 10.2 Å². The average Bonchev–Trinajstić information content (AvgIpc) is 2.39. The Labute approximate surface area is 122 Å². The molecule has 1 N–H and O–H groups in total. The Hall–Kier alpha value is -0.490. The lowest BCUT2D eigenvalue weighted by atomic mass is 10.1. The molecule has 0 bridgehead atoms. The van der Waals surface area contributed by atoms with Gasteiger partial charge in [-0.3, -0.25) is 4.90 Å². The zero-order valence-corrected chi connectivity index (χ0v) is 12.9. The summed E-state index contributed by atoms with van der Waals surface area (Å²) in [5.41, 5.74) is 1.09. The zero-order valence-electron chi connectivity index (χ0n) is 11.3. The van der Waals surface area contributed by atoms with Crippen LogP contribution in [0, 0.1) is 5.82 Å². The molecule has 0 aromatic heterocycles. The summed E-state index contributed by atoms with van der Waals surface area (Å²) in [5, 5.41) is 3.33. The fourth-order valence-electron chi connectivity index (χ4n) is 2.29. The highest BCUT2D eigenvalue weighted by Gasteiger charge is 2.20. The normalized spacial score (nSPS) is 21.6. The second-order valence-corrected chi connectivity index (χ2v) is 5.83. The summed E-state index contributed by atoms with van der Waals surface area (Å²) < 4.78 is 19.6. The molecule has 1 heterocycles. The lowest BCUT2D eigenvalue weighted by molar-refractivity contribution is 0.00388. The van der Waals surface area contributed by atoms with Crippen LogP contribution in [0.2, 0.25) is 0 Å². The van der Waals surface area contributed by atoms with Gasteiger partial charge in [0, 0.05) is 30.1 Å². The molecular formula is C14H20BrFN2O. The number of halogens is 2. The largest absolute Gasteiger partial charge is 0.374 e. The van der Waals surface area contributed by atoms with E-state index >= 15 is 0 Å². The molecule has 0 amide bonds. The molecule has 106 valence electrons. The summed E-state index contributed by atoms with van der Waals surface area (Å²) in [7, 11) is 2.07. The molecule has 2 unspecified atom stereocenters. The summed E-state index contributed by atoms with van der Waals surface area (Å²) in [6.45, 7) is 5.57. The van der Waals surface area contributed by atoms with Crippen LogP contribution in [-0.2, 0) is 4.74 Å². The standard InChI is InChI=1S/C14H20BrFN2O/c1-10(13-4-3-11(16)7-14(13)15)18(2)9-12-8-17-5-6-19-12/h3-4,7,10,12,17H,5-6,8-9H2,1-2H3. The zero-order chi connectivity index (χ0) is 13.8. The molecule has 1 aromatic carbocycles. The minimum absolute atomic E-state index is 0.209. The molecule has 3 nitrogen and oxygen atoms in total. The topological polar surface area (TPSA) is 24.5 Å². The summed E-state index contributed by atoms with van der Waals surface area (Å²) in [5.74, 6) is -0.217. The smallest absolute Gasteiger partial charge is 0.124 e. The van der Waals surface area contributed by atoms with Crippen molar-refractivity contribution < 1.29 is 9.13 Å². The Morgan fingerprint density at radius 3 is 3.00 bits per heavy atom. The third kappa shape index (κ3) is 3.99. The van der Waals surface area contributed by atoms with Crippen LogP contribution in [0.5, 0.6) is 0 Å². The van der Waals surface area contributed by atoms with Crippen molar-refractivity contribution in [2.24, 2.45) is 0 Å². The van der Waals surface area contributed by atoms with Crippen molar-refractivity contribution in [2.75, 3.05) is 33.3 Å². The minimum Gasteiger partial charge on any atom is -0.374 e. The Kier molecular flexibility index (Phi) is 5.33. The van der Waals surface area contributed by atoms with Crippen LogP contribution >= 0.6 is 15.9 Å².